The molecule has 0 spiro atoms. The number of aromatic nitrogens is 1. The van der Waals surface area contributed by atoms with E-state index in [4.69, 9.17) is 15.2 Å². The van der Waals surface area contributed by atoms with E-state index in [1.807, 2.05) is 24.3 Å². The van der Waals surface area contributed by atoms with Gasteiger partial charge in [0, 0.05) is 30.1 Å². The first-order valence-electron chi connectivity index (χ1n) is 6.96. The van der Waals surface area contributed by atoms with Crippen LogP contribution in [0.3, 0.4) is 0 Å². The fourth-order valence-corrected chi connectivity index (χ4v) is 3.31. The molecule has 1 aliphatic heterocycles. The van der Waals surface area contributed by atoms with Crippen LogP contribution in [0.5, 0.6) is 5.75 Å². The van der Waals surface area contributed by atoms with Crippen molar-refractivity contribution in [1.29, 1.82) is 0 Å². The zero-order valence-electron chi connectivity index (χ0n) is 12.0. The van der Waals surface area contributed by atoms with Gasteiger partial charge in [0.25, 0.3) is 0 Å². The van der Waals surface area contributed by atoms with Crippen LogP contribution in [-0.4, -0.2) is 43.3 Å². The van der Waals surface area contributed by atoms with Crippen LogP contribution < -0.4 is 10.5 Å². The standard InChI is InChI=1S/C15H19N3O2S/c1-19-12-4-2-11(3-5-12)14-13(21-15(16)17-14)10-18-6-8-20-9-7-18/h2-5H,6-10H2,1H3,(H2,16,17). The summed E-state index contributed by atoms with van der Waals surface area (Å²) in [6.45, 7) is 4.39. The van der Waals surface area contributed by atoms with Crippen LogP contribution in [0.2, 0.25) is 0 Å². The summed E-state index contributed by atoms with van der Waals surface area (Å²) in [5.41, 5.74) is 7.97. The van der Waals surface area contributed by atoms with Crippen molar-refractivity contribution in [3.8, 4) is 17.0 Å². The number of hydrogen-bond donors (Lipinski definition) is 1. The van der Waals surface area contributed by atoms with Gasteiger partial charge < -0.3 is 15.2 Å². The monoisotopic (exact) mass is 305 g/mol. The number of nitrogens with two attached hydrogens (primary N) is 1. The van der Waals surface area contributed by atoms with Gasteiger partial charge >= 0.3 is 0 Å². The third kappa shape index (κ3) is 3.34. The highest BCUT2D eigenvalue weighted by Crippen LogP contribution is 2.31. The zero-order valence-corrected chi connectivity index (χ0v) is 12.9. The van der Waals surface area contributed by atoms with E-state index in [1.54, 1.807) is 18.4 Å². The molecule has 1 aromatic carbocycles. The van der Waals surface area contributed by atoms with E-state index < -0.39 is 0 Å². The number of methoxy groups -OCH3 is 1. The maximum atomic E-state index is 5.92. The Bertz CT molecular complexity index is 591. The summed E-state index contributed by atoms with van der Waals surface area (Å²) in [7, 11) is 1.67. The Kier molecular flexibility index (Phi) is 4.38. The summed E-state index contributed by atoms with van der Waals surface area (Å²) in [5.74, 6) is 0.844. The molecule has 5 nitrogen and oxygen atoms in total. The molecular formula is C15H19N3O2S. The number of ether oxygens (including phenoxy) is 2. The minimum absolute atomic E-state index is 0.615. The minimum atomic E-state index is 0.615. The molecule has 1 saturated heterocycles. The fraction of sp³-hybridized carbons (Fsp3) is 0.400. The quantitative estimate of drug-likeness (QED) is 0.938. The van der Waals surface area contributed by atoms with Gasteiger partial charge in [-0.25, -0.2) is 4.98 Å². The second kappa shape index (κ2) is 6.43. The highest BCUT2D eigenvalue weighted by Gasteiger charge is 2.17. The number of nitrogens with zero attached hydrogens (tertiary/aromatic N) is 2. The third-order valence-electron chi connectivity index (χ3n) is 3.55. The van der Waals surface area contributed by atoms with Gasteiger partial charge in [-0.3, -0.25) is 4.90 Å². The lowest BCUT2D eigenvalue weighted by Gasteiger charge is -2.26. The highest BCUT2D eigenvalue weighted by atomic mass is 32.1. The van der Waals surface area contributed by atoms with Gasteiger partial charge in [-0.05, 0) is 24.3 Å². The first-order chi connectivity index (χ1) is 10.3. The molecule has 3 rings (SSSR count). The molecule has 1 aromatic heterocycles. The molecule has 0 radical (unpaired) electrons. The Hall–Kier alpha value is -1.63. The maximum Gasteiger partial charge on any atom is 0.180 e. The van der Waals surface area contributed by atoms with Gasteiger partial charge in [0.2, 0.25) is 0 Å². The largest absolute Gasteiger partial charge is 0.497 e. The van der Waals surface area contributed by atoms with Gasteiger partial charge in [-0.15, -0.1) is 11.3 Å². The van der Waals surface area contributed by atoms with Gasteiger partial charge in [-0.1, -0.05) is 0 Å². The molecule has 1 fully saturated rings. The fourth-order valence-electron chi connectivity index (χ4n) is 2.41. The Morgan fingerprint density at radius 1 is 1.29 bits per heavy atom. The first kappa shape index (κ1) is 14.3. The molecule has 2 N–H and O–H groups in total. The second-order valence-electron chi connectivity index (χ2n) is 4.94. The minimum Gasteiger partial charge on any atom is -0.497 e. The molecule has 0 amide bonds. The van der Waals surface area contributed by atoms with Crippen molar-refractivity contribution in [1.82, 2.24) is 9.88 Å². The summed E-state index contributed by atoms with van der Waals surface area (Å²) in [6.07, 6.45) is 0. The van der Waals surface area contributed by atoms with Crippen LogP contribution in [-0.2, 0) is 11.3 Å². The molecular weight excluding hydrogens is 286 g/mol. The number of hydrogen-bond acceptors (Lipinski definition) is 6. The molecule has 2 aromatic rings. The van der Waals surface area contributed by atoms with Crippen molar-refractivity contribution < 1.29 is 9.47 Å². The lowest BCUT2D eigenvalue weighted by molar-refractivity contribution is 0.0347. The Morgan fingerprint density at radius 2 is 2.00 bits per heavy atom. The van der Waals surface area contributed by atoms with Gasteiger partial charge in [-0.2, -0.15) is 0 Å². The molecule has 1 aliphatic rings. The summed E-state index contributed by atoms with van der Waals surface area (Å²) < 4.78 is 10.6. The first-order valence-corrected chi connectivity index (χ1v) is 7.77. The molecule has 0 saturated carbocycles. The SMILES string of the molecule is COc1ccc(-c2nc(N)sc2CN2CCOCC2)cc1. The Morgan fingerprint density at radius 3 is 2.67 bits per heavy atom. The molecule has 112 valence electrons. The normalized spacial score (nSPS) is 16.0. The van der Waals surface area contributed by atoms with Crippen LogP contribution in [0.1, 0.15) is 4.88 Å². The number of benzene rings is 1. The van der Waals surface area contributed by atoms with Crippen molar-refractivity contribution in [2.45, 2.75) is 6.54 Å². The van der Waals surface area contributed by atoms with Gasteiger partial charge in [0.15, 0.2) is 5.13 Å². The second-order valence-corrected chi connectivity index (χ2v) is 6.06. The van der Waals surface area contributed by atoms with Crippen LogP contribution in [0.25, 0.3) is 11.3 Å². The molecule has 2 heterocycles. The Balaban J connectivity index is 1.83. The van der Waals surface area contributed by atoms with E-state index in [1.165, 1.54) is 4.88 Å². The average molecular weight is 305 g/mol. The Labute approximate surface area is 128 Å². The highest BCUT2D eigenvalue weighted by molar-refractivity contribution is 7.15. The zero-order chi connectivity index (χ0) is 14.7. The van der Waals surface area contributed by atoms with E-state index in [9.17, 15) is 0 Å². The molecule has 0 aliphatic carbocycles. The number of anilines is 1. The molecule has 0 atom stereocenters. The van der Waals surface area contributed by atoms with Crippen LogP contribution >= 0.6 is 11.3 Å². The molecule has 0 bridgehead atoms. The van der Waals surface area contributed by atoms with E-state index in [-0.39, 0.29) is 0 Å². The topological polar surface area (TPSA) is 60.6 Å². The number of thiazole rings is 1. The van der Waals surface area contributed by atoms with E-state index in [0.717, 1.165) is 49.9 Å². The summed E-state index contributed by atoms with van der Waals surface area (Å²) in [5, 5.41) is 0.615. The van der Waals surface area contributed by atoms with Crippen molar-refractivity contribution in [3.63, 3.8) is 0 Å². The van der Waals surface area contributed by atoms with Crippen molar-refractivity contribution in [2.75, 3.05) is 39.1 Å². The van der Waals surface area contributed by atoms with E-state index in [2.05, 4.69) is 9.88 Å². The van der Waals surface area contributed by atoms with Crippen molar-refractivity contribution >= 4 is 16.5 Å². The smallest absolute Gasteiger partial charge is 0.180 e. The number of nitrogen functional groups attached to an aromatic ring is 1. The molecule has 21 heavy (non-hydrogen) atoms. The number of morpholine rings is 1. The number of rotatable bonds is 4. The predicted octanol–water partition coefficient (Wildman–Crippen LogP) is 2.23. The van der Waals surface area contributed by atoms with Crippen LogP contribution in [0, 0.1) is 0 Å². The van der Waals surface area contributed by atoms with Gasteiger partial charge in [0.1, 0.15) is 5.75 Å². The summed E-state index contributed by atoms with van der Waals surface area (Å²) >= 11 is 1.57. The van der Waals surface area contributed by atoms with Crippen LogP contribution in [0.15, 0.2) is 24.3 Å². The van der Waals surface area contributed by atoms with Gasteiger partial charge in [0.05, 0.1) is 26.0 Å². The summed E-state index contributed by atoms with van der Waals surface area (Å²) in [4.78, 5) is 8.09. The summed E-state index contributed by atoms with van der Waals surface area (Å²) in [6, 6.07) is 7.94. The molecule has 0 unspecified atom stereocenters. The van der Waals surface area contributed by atoms with E-state index in [0.29, 0.717) is 5.13 Å². The third-order valence-corrected chi connectivity index (χ3v) is 4.42. The van der Waals surface area contributed by atoms with Crippen LogP contribution in [0.4, 0.5) is 5.13 Å². The maximum absolute atomic E-state index is 5.92. The van der Waals surface area contributed by atoms with E-state index >= 15 is 0 Å². The predicted molar refractivity (Wildman–Crippen MR) is 84.6 cm³/mol. The lowest BCUT2D eigenvalue weighted by Crippen LogP contribution is -2.35. The lowest BCUT2D eigenvalue weighted by atomic mass is 10.1. The van der Waals surface area contributed by atoms with Crippen molar-refractivity contribution in [3.05, 3.63) is 29.1 Å². The average Bonchev–Trinajstić information content (AvgIpc) is 2.89. The van der Waals surface area contributed by atoms with Crippen molar-refractivity contribution in [2.24, 2.45) is 0 Å². The molecule has 6 heteroatoms.